The van der Waals surface area contributed by atoms with E-state index in [9.17, 15) is 19.5 Å². The van der Waals surface area contributed by atoms with E-state index in [2.05, 4.69) is 0 Å². The van der Waals surface area contributed by atoms with Crippen molar-refractivity contribution in [3.8, 4) is 0 Å². The first-order valence-electron chi connectivity index (χ1n) is 12.9. The number of hydrogen-bond donors (Lipinski definition) is 1. The van der Waals surface area contributed by atoms with Crippen molar-refractivity contribution >= 4 is 23.4 Å². The Labute approximate surface area is 212 Å². The van der Waals surface area contributed by atoms with Crippen LogP contribution in [0.2, 0.25) is 0 Å². The summed E-state index contributed by atoms with van der Waals surface area (Å²) in [7, 11) is 0. The Hall–Kier alpha value is -2.97. The highest BCUT2D eigenvalue weighted by molar-refractivity contribution is 6.06. The van der Waals surface area contributed by atoms with E-state index in [1.807, 2.05) is 63.3 Å². The van der Waals surface area contributed by atoms with Crippen LogP contribution in [0.25, 0.3) is 0 Å². The second-order valence-electron chi connectivity index (χ2n) is 10.3. The molecule has 5 atom stereocenters. The fourth-order valence-corrected chi connectivity index (χ4v) is 6.37. The zero-order valence-electron chi connectivity index (χ0n) is 21.2. The number of aryl methyl sites for hydroxylation is 2. The van der Waals surface area contributed by atoms with Gasteiger partial charge >= 0.3 is 0 Å². The van der Waals surface area contributed by atoms with Crippen LogP contribution in [0.4, 0.5) is 5.69 Å². The van der Waals surface area contributed by atoms with E-state index in [-0.39, 0.29) is 30.9 Å². The number of likely N-dealkylation sites (tertiary alicyclic amines) is 1. The topological polar surface area (TPSA) is 90.4 Å². The van der Waals surface area contributed by atoms with Gasteiger partial charge in [0.15, 0.2) is 0 Å². The van der Waals surface area contributed by atoms with Crippen molar-refractivity contribution in [3.63, 3.8) is 0 Å². The van der Waals surface area contributed by atoms with Gasteiger partial charge in [-0.25, -0.2) is 0 Å². The van der Waals surface area contributed by atoms with Gasteiger partial charge in [0, 0.05) is 38.5 Å². The number of aliphatic hydroxyl groups is 1. The highest BCUT2D eigenvalue weighted by Gasteiger charge is 2.71. The van der Waals surface area contributed by atoms with Crippen molar-refractivity contribution in [2.75, 3.05) is 37.7 Å². The summed E-state index contributed by atoms with van der Waals surface area (Å²) in [6, 6.07) is 5.08. The van der Waals surface area contributed by atoms with Crippen LogP contribution in [0.5, 0.6) is 0 Å². The molecule has 36 heavy (non-hydrogen) atoms. The fraction of sp³-hybridized carbons (Fsp3) is 0.536. The normalized spacial score (nSPS) is 31.4. The molecule has 8 nitrogen and oxygen atoms in total. The Kier molecular flexibility index (Phi) is 6.51. The van der Waals surface area contributed by atoms with Crippen molar-refractivity contribution in [3.05, 3.63) is 53.6 Å². The number of benzene rings is 1. The van der Waals surface area contributed by atoms with Crippen molar-refractivity contribution < 1.29 is 24.2 Å². The molecule has 0 aliphatic carbocycles. The van der Waals surface area contributed by atoms with Crippen molar-refractivity contribution in [2.24, 2.45) is 11.8 Å². The van der Waals surface area contributed by atoms with Gasteiger partial charge in [0.25, 0.3) is 5.91 Å². The molecule has 8 heteroatoms. The maximum absolute atomic E-state index is 14.3. The first-order valence-corrected chi connectivity index (χ1v) is 12.9. The summed E-state index contributed by atoms with van der Waals surface area (Å²) in [5.74, 6) is -2.04. The molecule has 4 heterocycles. The van der Waals surface area contributed by atoms with E-state index >= 15 is 0 Å². The van der Waals surface area contributed by atoms with Gasteiger partial charge in [-0.2, -0.15) is 0 Å². The number of aliphatic hydroxyl groups excluding tert-OH is 1. The number of rotatable bonds is 6. The van der Waals surface area contributed by atoms with Crippen LogP contribution in [0, 0.1) is 25.7 Å². The lowest BCUT2D eigenvalue weighted by Gasteiger charge is -2.35. The SMILES string of the molecule is CCCN1CC=C[C@H]2O[C@]34C=CCN(c5cc(C)ccc5C)C(=O)C3N(CCCO)C(=O)[C@@H]4[C@H]2C1=O. The van der Waals surface area contributed by atoms with E-state index in [1.165, 1.54) is 0 Å². The Morgan fingerprint density at radius 3 is 2.61 bits per heavy atom. The molecule has 1 aromatic rings. The van der Waals surface area contributed by atoms with Gasteiger partial charge in [0.2, 0.25) is 11.8 Å². The summed E-state index contributed by atoms with van der Waals surface area (Å²) < 4.78 is 6.63. The Balaban J connectivity index is 1.61. The van der Waals surface area contributed by atoms with E-state index < -0.39 is 29.6 Å². The van der Waals surface area contributed by atoms with Crippen LogP contribution >= 0.6 is 0 Å². The summed E-state index contributed by atoms with van der Waals surface area (Å²) in [5, 5.41) is 9.54. The van der Waals surface area contributed by atoms with Gasteiger partial charge < -0.3 is 24.5 Å². The lowest BCUT2D eigenvalue weighted by Crippen LogP contribution is -2.55. The average Bonchev–Trinajstić information content (AvgIpc) is 3.17. The lowest BCUT2D eigenvalue weighted by molar-refractivity contribution is -0.144. The average molecular weight is 494 g/mol. The van der Waals surface area contributed by atoms with Crippen molar-refractivity contribution in [1.29, 1.82) is 0 Å². The molecule has 0 saturated carbocycles. The van der Waals surface area contributed by atoms with E-state index in [1.54, 1.807) is 14.7 Å². The molecule has 4 aliphatic heterocycles. The minimum absolute atomic E-state index is 0.0960. The van der Waals surface area contributed by atoms with Crippen LogP contribution in [-0.4, -0.2) is 83.2 Å². The van der Waals surface area contributed by atoms with Crippen LogP contribution in [-0.2, 0) is 19.1 Å². The summed E-state index contributed by atoms with van der Waals surface area (Å²) >= 11 is 0. The number of fused-ring (bicyclic) bond motifs is 2. The van der Waals surface area contributed by atoms with Gasteiger partial charge in [-0.3, -0.25) is 14.4 Å². The maximum Gasteiger partial charge on any atom is 0.253 e. The first kappa shape index (κ1) is 24.7. The molecule has 1 N–H and O–H groups in total. The third-order valence-electron chi connectivity index (χ3n) is 7.95. The van der Waals surface area contributed by atoms with Gasteiger partial charge in [0.05, 0.1) is 17.9 Å². The fourth-order valence-electron chi connectivity index (χ4n) is 6.37. The molecule has 2 fully saturated rings. The second kappa shape index (κ2) is 9.48. The minimum atomic E-state index is -1.24. The largest absolute Gasteiger partial charge is 0.396 e. The summed E-state index contributed by atoms with van der Waals surface area (Å²) in [4.78, 5) is 47.1. The molecule has 1 aromatic carbocycles. The van der Waals surface area contributed by atoms with Crippen LogP contribution in [0.15, 0.2) is 42.5 Å². The van der Waals surface area contributed by atoms with Gasteiger partial charge in [-0.05, 0) is 43.9 Å². The summed E-state index contributed by atoms with van der Waals surface area (Å²) in [6.45, 7) is 7.54. The number of anilines is 1. The molecule has 192 valence electrons. The quantitative estimate of drug-likeness (QED) is 0.612. The minimum Gasteiger partial charge on any atom is -0.396 e. The number of carbonyl (C=O) groups excluding carboxylic acids is 3. The summed E-state index contributed by atoms with van der Waals surface area (Å²) in [6.07, 6.45) is 8.18. The zero-order chi connectivity index (χ0) is 25.6. The maximum atomic E-state index is 14.3. The van der Waals surface area contributed by atoms with Gasteiger partial charge in [0.1, 0.15) is 11.6 Å². The third kappa shape index (κ3) is 3.69. The molecule has 0 bridgehead atoms. The highest BCUT2D eigenvalue weighted by atomic mass is 16.5. The molecule has 0 aromatic heterocycles. The van der Waals surface area contributed by atoms with Crippen molar-refractivity contribution in [2.45, 2.75) is 51.4 Å². The van der Waals surface area contributed by atoms with Crippen molar-refractivity contribution in [1.82, 2.24) is 9.80 Å². The molecule has 2 saturated heterocycles. The monoisotopic (exact) mass is 493 g/mol. The van der Waals surface area contributed by atoms with E-state index in [4.69, 9.17) is 4.74 Å². The van der Waals surface area contributed by atoms with Crippen LogP contribution < -0.4 is 4.90 Å². The number of ether oxygens (including phenoxy) is 1. The second-order valence-corrected chi connectivity index (χ2v) is 10.3. The van der Waals surface area contributed by atoms with E-state index in [0.717, 1.165) is 23.2 Å². The Morgan fingerprint density at radius 2 is 1.86 bits per heavy atom. The molecule has 1 unspecified atom stereocenters. The molecule has 5 rings (SSSR count). The Morgan fingerprint density at radius 1 is 1.06 bits per heavy atom. The predicted octanol–water partition coefficient (Wildman–Crippen LogP) is 1.98. The summed E-state index contributed by atoms with van der Waals surface area (Å²) in [5.41, 5.74) is 1.57. The molecule has 3 amide bonds. The predicted molar refractivity (Wildman–Crippen MR) is 135 cm³/mol. The number of amides is 3. The number of hydrogen-bond acceptors (Lipinski definition) is 5. The van der Waals surface area contributed by atoms with Crippen LogP contribution in [0.1, 0.15) is 30.9 Å². The zero-order valence-corrected chi connectivity index (χ0v) is 21.2. The standard InChI is InChI=1S/C28H35N3O5/c1-4-12-29-13-5-8-21-22(25(29)33)23-26(34)31(15-7-16-32)24-27(35)30(14-6-11-28(23,24)36-21)20-17-18(2)9-10-19(20)3/h5-6,8-11,17,21-24,32H,4,7,12-16H2,1-3H3/t21-,22+,23+,24?,28+/m1/s1. The highest BCUT2D eigenvalue weighted by Crippen LogP contribution is 2.53. The van der Waals surface area contributed by atoms with Gasteiger partial charge in [-0.1, -0.05) is 43.4 Å². The van der Waals surface area contributed by atoms with E-state index in [0.29, 0.717) is 26.1 Å². The molecule has 1 spiro atoms. The molecule has 0 radical (unpaired) electrons. The molecular weight excluding hydrogens is 458 g/mol. The smallest absolute Gasteiger partial charge is 0.253 e. The van der Waals surface area contributed by atoms with Crippen LogP contribution in [0.3, 0.4) is 0 Å². The number of carbonyl (C=O) groups is 3. The lowest BCUT2D eigenvalue weighted by atomic mass is 9.77. The first-order chi connectivity index (χ1) is 17.3. The molecular formula is C28H35N3O5. The Bertz CT molecular complexity index is 1130. The number of nitrogens with zero attached hydrogens (tertiary/aromatic N) is 3. The van der Waals surface area contributed by atoms with Gasteiger partial charge in [-0.15, -0.1) is 0 Å². The molecule has 4 aliphatic rings. The third-order valence-corrected chi connectivity index (χ3v) is 7.95.